The molecule has 284 valence electrons. The zero-order valence-corrected chi connectivity index (χ0v) is 31.0. The summed E-state index contributed by atoms with van der Waals surface area (Å²) in [5.41, 5.74) is 1.61. The number of nitrogens with zero attached hydrogens (tertiary/aromatic N) is 4. The summed E-state index contributed by atoms with van der Waals surface area (Å²) in [5.74, 6) is -0.572. The zero-order valence-electron chi connectivity index (χ0n) is 30.2. The number of pyridine rings is 1. The molecule has 0 atom stereocenters. The van der Waals surface area contributed by atoms with Gasteiger partial charge in [0.25, 0.3) is 0 Å². The Balaban J connectivity index is 1.19. The maximum Gasteiger partial charge on any atom is 0.435 e. The lowest BCUT2D eigenvalue weighted by Crippen LogP contribution is -2.38. The highest BCUT2D eigenvalue weighted by atomic mass is 32.2. The second-order valence-electron chi connectivity index (χ2n) is 13.9. The Morgan fingerprint density at radius 2 is 1.34 bits per heavy atom. The fraction of sp³-hybridized carbons (Fsp3) is 0.182. The zero-order chi connectivity index (χ0) is 39.1. The van der Waals surface area contributed by atoms with E-state index in [4.69, 9.17) is 4.74 Å². The first-order valence-electron chi connectivity index (χ1n) is 18.1. The number of hydrogen-bond acceptors (Lipinski definition) is 6. The third kappa shape index (κ3) is 6.89. The number of sulfone groups is 1. The van der Waals surface area contributed by atoms with Gasteiger partial charge in [-0.3, -0.25) is 9.67 Å². The second kappa shape index (κ2) is 14.6. The van der Waals surface area contributed by atoms with E-state index in [9.17, 15) is 12.8 Å². The molecule has 0 aliphatic carbocycles. The lowest BCUT2D eigenvalue weighted by Gasteiger charge is -2.36. The molecule has 1 aliphatic heterocycles. The van der Waals surface area contributed by atoms with Crippen molar-refractivity contribution in [2.75, 3.05) is 24.2 Å². The normalized spacial score (nSPS) is 14.3. The number of alkyl halides is 3. The number of ether oxygens (including phenoxy) is 1. The Hall–Kier alpha value is -6.01. The van der Waals surface area contributed by atoms with E-state index in [0.29, 0.717) is 42.4 Å². The molecular formula is C44H36F4N4O3S. The van der Waals surface area contributed by atoms with Gasteiger partial charge in [0.05, 0.1) is 5.52 Å². The minimum atomic E-state index is -4.79. The molecule has 7 aromatic rings. The summed E-state index contributed by atoms with van der Waals surface area (Å²) in [6.45, 7) is 1.03. The van der Waals surface area contributed by atoms with Gasteiger partial charge in [0.2, 0.25) is 0 Å². The van der Waals surface area contributed by atoms with Gasteiger partial charge in [-0.2, -0.15) is 18.3 Å². The van der Waals surface area contributed by atoms with Crippen molar-refractivity contribution in [2.45, 2.75) is 35.6 Å². The number of anilines is 1. The van der Waals surface area contributed by atoms with Gasteiger partial charge in [0.15, 0.2) is 15.5 Å². The maximum atomic E-state index is 15.2. The molecule has 1 aliphatic rings. The van der Waals surface area contributed by atoms with E-state index < -0.39 is 33.1 Å². The van der Waals surface area contributed by atoms with Crippen LogP contribution in [0.4, 0.5) is 23.2 Å². The predicted octanol–water partition coefficient (Wildman–Crippen LogP) is 9.55. The van der Waals surface area contributed by atoms with Crippen LogP contribution in [0.3, 0.4) is 0 Å². The molecule has 12 heteroatoms. The lowest BCUT2D eigenvalue weighted by molar-refractivity contribution is -0.141. The van der Waals surface area contributed by atoms with Crippen molar-refractivity contribution in [3.8, 4) is 16.9 Å². The second-order valence-corrected chi connectivity index (χ2v) is 15.9. The Labute approximate surface area is 321 Å². The van der Waals surface area contributed by atoms with Crippen LogP contribution in [0.15, 0.2) is 151 Å². The van der Waals surface area contributed by atoms with Crippen LogP contribution >= 0.6 is 0 Å². The number of halogens is 4. The Kier molecular flexibility index (Phi) is 9.61. The molecule has 56 heavy (non-hydrogen) atoms. The third-order valence-electron chi connectivity index (χ3n) is 10.3. The highest BCUT2D eigenvalue weighted by molar-refractivity contribution is 7.90. The van der Waals surface area contributed by atoms with Crippen molar-refractivity contribution in [3.05, 3.63) is 174 Å². The van der Waals surface area contributed by atoms with Crippen LogP contribution in [0.5, 0.6) is 5.75 Å². The third-order valence-corrected chi connectivity index (χ3v) is 11.4. The first-order valence-corrected chi connectivity index (χ1v) is 20.0. The van der Waals surface area contributed by atoms with E-state index in [1.807, 2.05) is 97.1 Å². The highest BCUT2D eigenvalue weighted by Gasteiger charge is 2.44. The van der Waals surface area contributed by atoms with Gasteiger partial charge in [-0.25, -0.2) is 12.8 Å². The van der Waals surface area contributed by atoms with Crippen molar-refractivity contribution in [1.82, 2.24) is 14.8 Å². The average Bonchev–Trinajstić information content (AvgIpc) is 3.67. The number of benzene rings is 5. The molecule has 0 radical (unpaired) electrons. The van der Waals surface area contributed by atoms with Crippen molar-refractivity contribution in [2.24, 2.45) is 0 Å². The first kappa shape index (κ1) is 36.9. The van der Waals surface area contributed by atoms with Gasteiger partial charge < -0.3 is 9.64 Å². The van der Waals surface area contributed by atoms with E-state index >= 15 is 13.2 Å². The number of hydrogen-bond donors (Lipinski definition) is 0. The minimum Gasteiger partial charge on any atom is -0.489 e. The number of fused-ring (bicyclic) bond motifs is 1. The van der Waals surface area contributed by atoms with Gasteiger partial charge in [-0.15, -0.1) is 0 Å². The predicted molar refractivity (Wildman–Crippen MR) is 208 cm³/mol. The molecule has 5 aromatic carbocycles. The molecule has 0 unspecified atom stereocenters. The fourth-order valence-corrected chi connectivity index (χ4v) is 8.55. The van der Waals surface area contributed by atoms with Gasteiger partial charge >= 0.3 is 6.18 Å². The van der Waals surface area contributed by atoms with E-state index in [2.05, 4.69) is 15.0 Å². The highest BCUT2D eigenvalue weighted by Crippen LogP contribution is 2.45. The van der Waals surface area contributed by atoms with Crippen molar-refractivity contribution in [1.29, 1.82) is 0 Å². The molecule has 2 aromatic heterocycles. The van der Waals surface area contributed by atoms with Crippen LogP contribution in [0, 0.1) is 5.82 Å². The standard InChI is InChI=1S/C44H36F4N4O3S/c1-56(53,54)41-28-34(45)18-20-40(41)55-35-22-25-51(26-23-35)39-21-24-49-38-19-17-30(27-36(38)39)37-29-52(50-42(37)44(46,47)48)43(31-11-5-2-6-12-31,32-13-7-3-8-14-32)33-15-9-4-10-16-33/h2-21,24,27-29,35H,22-23,25-26H2,1H3. The van der Waals surface area contributed by atoms with Crippen LogP contribution in [-0.4, -0.2) is 48.6 Å². The number of piperidine rings is 1. The molecule has 0 spiro atoms. The molecule has 0 bridgehead atoms. The summed E-state index contributed by atoms with van der Waals surface area (Å²) >= 11 is 0. The number of aromatic nitrogens is 3. The van der Waals surface area contributed by atoms with E-state index in [0.717, 1.165) is 34.7 Å². The topological polar surface area (TPSA) is 77.3 Å². The van der Waals surface area contributed by atoms with Crippen LogP contribution in [-0.2, 0) is 21.6 Å². The summed E-state index contributed by atoms with van der Waals surface area (Å²) in [6.07, 6.45) is 0.104. The average molecular weight is 777 g/mol. The SMILES string of the molecule is CS(=O)(=O)c1cc(F)ccc1OC1CCN(c2ccnc3ccc(-c4cn(C(c5ccccc5)(c5ccccc5)c5ccccc5)nc4C(F)(F)F)cc23)CC1. The molecule has 0 N–H and O–H groups in total. The van der Waals surface area contributed by atoms with Gasteiger partial charge in [-0.05, 0) is 58.7 Å². The molecule has 1 saturated heterocycles. The van der Waals surface area contributed by atoms with Crippen LogP contribution in [0.1, 0.15) is 35.2 Å². The quantitative estimate of drug-likeness (QED) is 0.107. The summed E-state index contributed by atoms with van der Waals surface area (Å²) in [7, 11) is -3.73. The monoisotopic (exact) mass is 776 g/mol. The van der Waals surface area contributed by atoms with E-state index in [-0.39, 0.29) is 22.3 Å². The smallest absolute Gasteiger partial charge is 0.435 e. The van der Waals surface area contributed by atoms with E-state index in [1.165, 1.54) is 23.0 Å². The lowest BCUT2D eigenvalue weighted by atomic mass is 9.77. The van der Waals surface area contributed by atoms with Crippen LogP contribution in [0.25, 0.3) is 22.0 Å². The van der Waals surface area contributed by atoms with Gasteiger partial charge in [-0.1, -0.05) is 97.1 Å². The van der Waals surface area contributed by atoms with Crippen molar-refractivity contribution >= 4 is 26.4 Å². The molecule has 0 amide bonds. The molecule has 3 heterocycles. The number of rotatable bonds is 9. The fourth-order valence-electron chi connectivity index (χ4n) is 7.74. The van der Waals surface area contributed by atoms with Gasteiger partial charge in [0, 0.05) is 61.2 Å². The molecule has 7 nitrogen and oxygen atoms in total. The Morgan fingerprint density at radius 1 is 0.750 bits per heavy atom. The molecule has 1 fully saturated rings. The van der Waals surface area contributed by atoms with Crippen molar-refractivity contribution in [3.63, 3.8) is 0 Å². The summed E-state index contributed by atoms with van der Waals surface area (Å²) in [6, 6.07) is 38.7. The van der Waals surface area contributed by atoms with Crippen molar-refractivity contribution < 1.29 is 30.7 Å². The summed E-state index contributed by atoms with van der Waals surface area (Å²) in [4.78, 5) is 6.45. The summed E-state index contributed by atoms with van der Waals surface area (Å²) < 4.78 is 91.6. The Morgan fingerprint density at radius 3 is 1.89 bits per heavy atom. The minimum absolute atomic E-state index is 0.0746. The Bertz CT molecular complexity index is 2510. The molecule has 8 rings (SSSR count). The van der Waals surface area contributed by atoms with E-state index in [1.54, 1.807) is 24.4 Å². The van der Waals surface area contributed by atoms with Crippen LogP contribution in [0.2, 0.25) is 0 Å². The molecular weight excluding hydrogens is 741 g/mol. The van der Waals surface area contributed by atoms with Crippen LogP contribution < -0.4 is 9.64 Å². The maximum absolute atomic E-state index is 15.2. The largest absolute Gasteiger partial charge is 0.489 e. The first-order chi connectivity index (χ1) is 26.9. The van der Waals surface area contributed by atoms with Gasteiger partial charge in [0.1, 0.15) is 28.1 Å². The molecule has 0 saturated carbocycles. The summed E-state index contributed by atoms with van der Waals surface area (Å²) in [5, 5.41) is 5.08.